The lowest BCUT2D eigenvalue weighted by molar-refractivity contribution is -0.117. The van der Waals surface area contributed by atoms with Gasteiger partial charge in [0, 0.05) is 31.9 Å². The van der Waals surface area contributed by atoms with Crippen molar-refractivity contribution in [1.29, 1.82) is 0 Å². The van der Waals surface area contributed by atoms with E-state index in [1.54, 1.807) is 23.2 Å². The van der Waals surface area contributed by atoms with Gasteiger partial charge in [-0.2, -0.15) is 9.97 Å². The largest absolute Gasteiger partial charge is 0.476 e. The van der Waals surface area contributed by atoms with E-state index in [-0.39, 0.29) is 30.2 Å². The third-order valence-corrected chi connectivity index (χ3v) is 7.17. The van der Waals surface area contributed by atoms with E-state index in [2.05, 4.69) is 32.1 Å². The average molecular weight is 555 g/mol. The topological polar surface area (TPSA) is 139 Å². The van der Waals surface area contributed by atoms with E-state index in [1.165, 1.54) is 12.8 Å². The second kappa shape index (κ2) is 14.1. The van der Waals surface area contributed by atoms with Crippen molar-refractivity contribution in [3.8, 4) is 11.9 Å². The number of nitrogens with zero attached hydrogens (tertiary/aromatic N) is 6. The molecule has 2 amide bonds. The number of anilines is 3. The number of carbonyl (C=O) groups excluding carboxylic acids is 2. The van der Waals surface area contributed by atoms with Gasteiger partial charge in [0.25, 0.3) is 5.91 Å². The highest BCUT2D eigenvalue weighted by molar-refractivity contribution is 6.06. The molecule has 12 heteroatoms. The van der Waals surface area contributed by atoms with Crippen LogP contribution in [0.25, 0.3) is 0 Å². The molecule has 1 atom stereocenters. The highest BCUT2D eigenvalue weighted by Crippen LogP contribution is 2.36. The minimum atomic E-state index is -0.604. The van der Waals surface area contributed by atoms with Crippen LogP contribution < -0.4 is 25.4 Å². The molecule has 0 saturated carbocycles. The predicted octanol–water partition coefficient (Wildman–Crippen LogP) is 2.81. The molecule has 0 radical (unpaired) electrons. The summed E-state index contributed by atoms with van der Waals surface area (Å²) >= 11 is 0. The molecule has 2 aromatic rings. The molecule has 2 saturated heterocycles. The van der Waals surface area contributed by atoms with Gasteiger partial charge in [-0.3, -0.25) is 14.5 Å². The summed E-state index contributed by atoms with van der Waals surface area (Å²) in [6, 6.07) is 3.04. The zero-order chi connectivity index (χ0) is 28.5. The lowest BCUT2D eigenvalue weighted by Crippen LogP contribution is -2.53. The second-order valence-corrected chi connectivity index (χ2v) is 9.88. The van der Waals surface area contributed by atoms with Crippen molar-refractivity contribution in [2.45, 2.75) is 58.9 Å². The maximum atomic E-state index is 13.4. The minimum Gasteiger partial charge on any atom is -0.476 e. The highest BCUT2D eigenvalue weighted by Gasteiger charge is 2.39. The van der Waals surface area contributed by atoms with Crippen molar-refractivity contribution in [1.82, 2.24) is 24.8 Å². The van der Waals surface area contributed by atoms with Gasteiger partial charge in [0.2, 0.25) is 11.8 Å². The fourth-order valence-corrected chi connectivity index (χ4v) is 5.06. The number of nitrogens with two attached hydrogens (primary N) is 1. The molecule has 2 fully saturated rings. The summed E-state index contributed by atoms with van der Waals surface area (Å²) in [5.74, 6) is 0.777. The Morgan fingerprint density at radius 1 is 1.07 bits per heavy atom. The molecule has 218 valence electrons. The molecule has 2 aromatic heterocycles. The first-order valence-electron chi connectivity index (χ1n) is 14.5. The SMILES string of the molecule is CC.CCCCOc1nc(N)c2c(n1)N1CCCN(C(=O)c3ccc(OCCN4CCCC4)nc3)CC1C(=O)N2. The van der Waals surface area contributed by atoms with Crippen LogP contribution in [0.2, 0.25) is 0 Å². The van der Waals surface area contributed by atoms with Crippen molar-refractivity contribution < 1.29 is 19.1 Å². The van der Waals surface area contributed by atoms with Gasteiger partial charge < -0.3 is 30.3 Å². The Labute approximate surface area is 236 Å². The Hall–Kier alpha value is -3.67. The van der Waals surface area contributed by atoms with Gasteiger partial charge in [-0.1, -0.05) is 27.2 Å². The Kier molecular flexibility index (Phi) is 10.3. The third kappa shape index (κ3) is 6.90. The predicted molar refractivity (Wildman–Crippen MR) is 154 cm³/mol. The van der Waals surface area contributed by atoms with E-state index in [0.717, 1.165) is 32.5 Å². The quantitative estimate of drug-likeness (QED) is 0.445. The van der Waals surface area contributed by atoms with E-state index in [1.807, 2.05) is 18.7 Å². The number of hydrogen-bond donors (Lipinski definition) is 2. The van der Waals surface area contributed by atoms with E-state index >= 15 is 0 Å². The van der Waals surface area contributed by atoms with Crippen molar-refractivity contribution in [2.24, 2.45) is 0 Å². The number of ether oxygens (including phenoxy) is 2. The summed E-state index contributed by atoms with van der Waals surface area (Å²) in [5.41, 5.74) is 6.98. The van der Waals surface area contributed by atoms with Crippen molar-refractivity contribution in [3.05, 3.63) is 23.9 Å². The lowest BCUT2D eigenvalue weighted by atomic mass is 10.1. The van der Waals surface area contributed by atoms with E-state index in [0.29, 0.717) is 55.7 Å². The van der Waals surface area contributed by atoms with Gasteiger partial charge in [0.15, 0.2) is 11.6 Å². The summed E-state index contributed by atoms with van der Waals surface area (Å²) in [6.45, 7) is 11.5. The fourth-order valence-electron chi connectivity index (χ4n) is 5.06. The maximum absolute atomic E-state index is 13.4. The van der Waals surface area contributed by atoms with Crippen molar-refractivity contribution in [2.75, 3.05) is 68.4 Å². The summed E-state index contributed by atoms with van der Waals surface area (Å²) in [7, 11) is 0. The smallest absolute Gasteiger partial charge is 0.320 e. The molecule has 40 heavy (non-hydrogen) atoms. The molecule has 0 aliphatic carbocycles. The number of unbranched alkanes of at least 4 members (excludes halogenated alkanes) is 1. The standard InChI is InChI=1S/C26H36N8O4.C2H6/c1-2-3-14-38-26-30-22(27)21-23(31-26)34-12-6-11-33(17-19(34)24(35)29-21)25(36)18-7-8-20(28-16-18)37-15-13-32-9-4-5-10-32;1-2/h7-8,16,19H,2-6,9-15,17H2,1H3,(H,29,35)(H2,27,30,31);1-2H3. The number of aromatic nitrogens is 3. The monoisotopic (exact) mass is 554 g/mol. The van der Waals surface area contributed by atoms with Gasteiger partial charge in [0.05, 0.1) is 18.7 Å². The number of nitrogen functional groups attached to an aromatic ring is 1. The van der Waals surface area contributed by atoms with Gasteiger partial charge in [0.1, 0.15) is 18.3 Å². The van der Waals surface area contributed by atoms with Crippen LogP contribution in [-0.2, 0) is 4.79 Å². The van der Waals surface area contributed by atoms with Crippen LogP contribution >= 0.6 is 0 Å². The number of carbonyl (C=O) groups is 2. The zero-order valence-electron chi connectivity index (χ0n) is 23.9. The van der Waals surface area contributed by atoms with E-state index < -0.39 is 6.04 Å². The Bertz CT molecular complexity index is 1140. The number of hydrogen-bond acceptors (Lipinski definition) is 10. The van der Waals surface area contributed by atoms with Crippen LogP contribution in [0.3, 0.4) is 0 Å². The molecule has 0 spiro atoms. The Balaban J connectivity index is 0.00000181. The van der Waals surface area contributed by atoms with Crippen LogP contribution in [0, 0.1) is 0 Å². The minimum absolute atomic E-state index is 0.166. The fraction of sp³-hybridized carbons (Fsp3) is 0.607. The Morgan fingerprint density at radius 2 is 1.88 bits per heavy atom. The molecule has 0 aromatic carbocycles. The molecular weight excluding hydrogens is 512 g/mol. The van der Waals surface area contributed by atoms with Gasteiger partial charge >= 0.3 is 6.01 Å². The molecule has 5 rings (SSSR count). The molecule has 3 aliphatic rings. The number of nitrogens with one attached hydrogen (secondary N) is 1. The second-order valence-electron chi connectivity index (χ2n) is 9.88. The van der Waals surface area contributed by atoms with Crippen LogP contribution in [0.1, 0.15) is 63.2 Å². The van der Waals surface area contributed by atoms with Crippen LogP contribution in [0.5, 0.6) is 11.9 Å². The van der Waals surface area contributed by atoms with Crippen molar-refractivity contribution in [3.63, 3.8) is 0 Å². The van der Waals surface area contributed by atoms with Gasteiger partial charge in [-0.25, -0.2) is 4.98 Å². The van der Waals surface area contributed by atoms with Crippen LogP contribution in [0.15, 0.2) is 18.3 Å². The summed E-state index contributed by atoms with van der Waals surface area (Å²) in [5, 5.41) is 2.84. The van der Waals surface area contributed by atoms with Gasteiger partial charge in [-0.15, -0.1) is 0 Å². The zero-order valence-corrected chi connectivity index (χ0v) is 23.9. The summed E-state index contributed by atoms with van der Waals surface area (Å²) in [4.78, 5) is 45.5. The maximum Gasteiger partial charge on any atom is 0.320 e. The molecule has 1 unspecified atom stereocenters. The van der Waals surface area contributed by atoms with Crippen LogP contribution in [-0.4, -0.2) is 95.1 Å². The normalized spacial score (nSPS) is 18.6. The first-order valence-corrected chi connectivity index (χ1v) is 14.5. The van der Waals surface area contributed by atoms with Gasteiger partial charge in [-0.05, 0) is 44.8 Å². The summed E-state index contributed by atoms with van der Waals surface area (Å²) in [6.07, 6.45) is 6.55. The number of fused-ring (bicyclic) bond motifs is 3. The third-order valence-electron chi connectivity index (χ3n) is 7.17. The lowest BCUT2D eigenvalue weighted by Gasteiger charge is -2.36. The van der Waals surface area contributed by atoms with Crippen LogP contribution in [0.4, 0.5) is 17.3 Å². The molecule has 3 N–H and O–H groups in total. The number of likely N-dealkylation sites (tertiary alicyclic amines) is 1. The number of rotatable bonds is 9. The molecule has 5 heterocycles. The molecule has 12 nitrogen and oxygen atoms in total. The highest BCUT2D eigenvalue weighted by atomic mass is 16.5. The van der Waals surface area contributed by atoms with E-state index in [4.69, 9.17) is 15.2 Å². The number of pyridine rings is 1. The average Bonchev–Trinajstić information content (AvgIpc) is 3.38. The van der Waals surface area contributed by atoms with Crippen molar-refractivity contribution >= 4 is 29.1 Å². The summed E-state index contributed by atoms with van der Waals surface area (Å²) < 4.78 is 11.4. The number of amides is 2. The first-order chi connectivity index (χ1) is 19.5. The Morgan fingerprint density at radius 3 is 2.60 bits per heavy atom. The first kappa shape index (κ1) is 29.3. The molecule has 0 bridgehead atoms. The van der Waals surface area contributed by atoms with E-state index in [9.17, 15) is 9.59 Å². The molecule has 3 aliphatic heterocycles. The molecular formula is C28H42N8O4.